The molecule has 2 saturated heterocycles. The molecule has 2 aliphatic carbocycles. The first-order chi connectivity index (χ1) is 29.6. The SMILES string of the molecule is O=C1CCC(n2c(=O)oc3cc(C4CCN(CC5CCC(NC(=O)[C@H]6CCC[C@@H](Nc7ncc(F)c(-c8cccc(-n9ccccc9=O)c8)n7)C6)CC5)CC4)ccc32)C(=O)N1. The van der Waals surface area contributed by atoms with E-state index in [4.69, 9.17) is 4.42 Å². The molecular formula is C46H51FN8O6. The van der Waals surface area contributed by atoms with Crippen molar-refractivity contribution in [2.45, 2.75) is 101 Å². The second kappa shape index (κ2) is 17.6. The smallest absolute Gasteiger partial charge is 0.408 e. The van der Waals surface area contributed by atoms with E-state index in [1.165, 1.54) is 15.2 Å². The first-order valence-electron chi connectivity index (χ1n) is 21.7. The fraction of sp³-hybridized carbons (Fsp3) is 0.457. The van der Waals surface area contributed by atoms with Gasteiger partial charge in [-0.1, -0.05) is 30.7 Å². The number of benzene rings is 2. The molecule has 2 aliphatic heterocycles. The highest BCUT2D eigenvalue weighted by Gasteiger charge is 2.33. The molecule has 3 amide bonds. The molecule has 2 aromatic carbocycles. The monoisotopic (exact) mass is 830 g/mol. The van der Waals surface area contributed by atoms with Gasteiger partial charge in [-0.3, -0.25) is 33.6 Å². The van der Waals surface area contributed by atoms with E-state index < -0.39 is 23.5 Å². The van der Waals surface area contributed by atoms with Crippen LogP contribution in [0.4, 0.5) is 10.3 Å². The molecule has 5 aromatic rings. The zero-order valence-corrected chi connectivity index (χ0v) is 34.1. The van der Waals surface area contributed by atoms with Crippen LogP contribution < -0.4 is 27.3 Å². The van der Waals surface area contributed by atoms with Gasteiger partial charge in [0.15, 0.2) is 11.4 Å². The Kier molecular flexibility index (Phi) is 11.6. The lowest BCUT2D eigenvalue weighted by Crippen LogP contribution is -2.44. The summed E-state index contributed by atoms with van der Waals surface area (Å²) in [6.45, 7) is 3.04. The molecule has 0 spiro atoms. The van der Waals surface area contributed by atoms with Gasteiger partial charge in [-0.2, -0.15) is 0 Å². The minimum Gasteiger partial charge on any atom is -0.408 e. The number of carbonyl (C=O) groups is 3. The van der Waals surface area contributed by atoms with Crippen LogP contribution in [0.1, 0.15) is 94.6 Å². The fourth-order valence-corrected chi connectivity index (χ4v) is 9.98. The molecule has 15 heteroatoms. The largest absolute Gasteiger partial charge is 0.420 e. The van der Waals surface area contributed by atoms with Gasteiger partial charge in [0, 0.05) is 54.5 Å². The molecule has 0 bridgehead atoms. The van der Waals surface area contributed by atoms with Gasteiger partial charge < -0.3 is 20.0 Å². The summed E-state index contributed by atoms with van der Waals surface area (Å²) < 4.78 is 23.5. The third-order valence-electron chi connectivity index (χ3n) is 13.3. The minimum absolute atomic E-state index is 0.0208. The summed E-state index contributed by atoms with van der Waals surface area (Å²) in [7, 11) is 0. The van der Waals surface area contributed by atoms with Crippen LogP contribution in [0.3, 0.4) is 0 Å². The molecule has 5 heterocycles. The summed E-state index contributed by atoms with van der Waals surface area (Å²) >= 11 is 0. The Morgan fingerprint density at radius 1 is 0.885 bits per heavy atom. The molecule has 2 saturated carbocycles. The number of piperidine rings is 2. The van der Waals surface area contributed by atoms with Crippen molar-refractivity contribution in [1.82, 2.24) is 34.6 Å². The number of hydrogen-bond acceptors (Lipinski definition) is 10. The van der Waals surface area contributed by atoms with Gasteiger partial charge in [-0.25, -0.2) is 19.2 Å². The van der Waals surface area contributed by atoms with E-state index in [1.807, 2.05) is 18.2 Å². The number of hydrogen-bond donors (Lipinski definition) is 3. The number of pyridine rings is 1. The Morgan fingerprint density at radius 2 is 1.72 bits per heavy atom. The molecule has 4 fully saturated rings. The highest BCUT2D eigenvalue weighted by molar-refractivity contribution is 6.00. The lowest BCUT2D eigenvalue weighted by atomic mass is 9.82. The summed E-state index contributed by atoms with van der Waals surface area (Å²) in [6, 6.07) is 17.2. The molecule has 3 atom stereocenters. The van der Waals surface area contributed by atoms with Gasteiger partial charge in [0.2, 0.25) is 23.7 Å². The number of anilines is 1. The van der Waals surface area contributed by atoms with Gasteiger partial charge in [0.1, 0.15) is 11.7 Å². The number of rotatable bonds is 10. The van der Waals surface area contributed by atoms with E-state index in [2.05, 4.69) is 30.8 Å². The van der Waals surface area contributed by atoms with Crippen molar-refractivity contribution in [2.75, 3.05) is 25.0 Å². The van der Waals surface area contributed by atoms with Crippen LogP contribution in [0.25, 0.3) is 28.0 Å². The van der Waals surface area contributed by atoms with Crippen LogP contribution in [0.2, 0.25) is 0 Å². The van der Waals surface area contributed by atoms with Gasteiger partial charge in [0.05, 0.1) is 11.7 Å². The maximum Gasteiger partial charge on any atom is 0.420 e. The van der Waals surface area contributed by atoms with Crippen LogP contribution in [0.5, 0.6) is 0 Å². The van der Waals surface area contributed by atoms with E-state index in [1.54, 1.807) is 42.6 Å². The third-order valence-corrected chi connectivity index (χ3v) is 13.3. The van der Waals surface area contributed by atoms with E-state index in [9.17, 15) is 24.0 Å². The van der Waals surface area contributed by atoms with Crippen LogP contribution in [-0.2, 0) is 14.4 Å². The van der Waals surface area contributed by atoms with E-state index in [0.717, 1.165) is 89.2 Å². The zero-order valence-electron chi connectivity index (χ0n) is 34.1. The number of nitrogens with zero attached hydrogens (tertiary/aromatic N) is 5. The number of likely N-dealkylation sites (tertiary alicyclic amines) is 1. The Hall–Kier alpha value is -5.96. The summed E-state index contributed by atoms with van der Waals surface area (Å²) in [4.78, 5) is 74.1. The Balaban J connectivity index is 0.727. The second-order valence-corrected chi connectivity index (χ2v) is 17.3. The standard InChI is InChI=1S/C46H51FN8O6/c47-36-26-48-45(52-42(36)31-5-4-8-35(24-31)54-20-2-1-9-41(54)57)50-34-7-3-6-32(23-34)43(58)49-33-13-10-28(11-14-33)27-53-21-18-29(19-22-53)30-12-15-37-39(25-30)61-46(60)55(37)38-16-17-40(56)51-44(38)59/h1-2,4-5,8-9,12,15,20,24-26,28-29,32-34,38H,3,6-7,10-11,13-14,16-19,21-23,27H2,(H,49,58)(H,48,50,52)(H,51,56,59)/t28?,32-,33?,34+,38?/m0/s1. The number of oxazole rings is 1. The lowest BCUT2D eigenvalue weighted by molar-refractivity contribution is -0.135. The number of fused-ring (bicyclic) bond motifs is 1. The Bertz CT molecular complexity index is 2550. The Labute approximate surface area is 351 Å². The van der Waals surface area contributed by atoms with Crippen molar-refractivity contribution >= 4 is 34.8 Å². The molecule has 0 radical (unpaired) electrons. The van der Waals surface area contributed by atoms with Crippen molar-refractivity contribution in [1.29, 1.82) is 0 Å². The van der Waals surface area contributed by atoms with Crippen molar-refractivity contribution in [3.8, 4) is 16.9 Å². The lowest BCUT2D eigenvalue weighted by Gasteiger charge is -2.37. The van der Waals surface area contributed by atoms with Crippen molar-refractivity contribution in [2.24, 2.45) is 11.8 Å². The van der Waals surface area contributed by atoms with Crippen molar-refractivity contribution in [3.05, 3.63) is 105 Å². The molecular weight excluding hydrogens is 780 g/mol. The molecule has 3 aromatic heterocycles. The average molecular weight is 831 g/mol. The van der Waals surface area contributed by atoms with Gasteiger partial charge in [-0.15, -0.1) is 0 Å². The normalized spacial score (nSPS) is 24.0. The first kappa shape index (κ1) is 40.4. The highest BCUT2D eigenvalue weighted by Crippen LogP contribution is 2.34. The molecule has 4 aliphatic rings. The number of aromatic nitrogens is 4. The van der Waals surface area contributed by atoms with Crippen LogP contribution in [-0.4, -0.2) is 73.4 Å². The predicted octanol–water partition coefficient (Wildman–Crippen LogP) is 5.84. The molecule has 14 nitrogen and oxygen atoms in total. The second-order valence-electron chi connectivity index (χ2n) is 17.3. The van der Waals surface area contributed by atoms with Gasteiger partial charge in [0.25, 0.3) is 5.56 Å². The van der Waals surface area contributed by atoms with Gasteiger partial charge in [-0.05, 0) is 125 Å². The number of imide groups is 1. The summed E-state index contributed by atoms with van der Waals surface area (Å²) in [5.74, 6) is -0.702. The fourth-order valence-electron chi connectivity index (χ4n) is 9.98. The van der Waals surface area contributed by atoms with Crippen molar-refractivity contribution in [3.63, 3.8) is 0 Å². The van der Waals surface area contributed by atoms with E-state index in [-0.39, 0.29) is 53.9 Å². The third kappa shape index (κ3) is 8.93. The molecule has 61 heavy (non-hydrogen) atoms. The van der Waals surface area contributed by atoms with Gasteiger partial charge >= 0.3 is 5.76 Å². The zero-order chi connectivity index (χ0) is 42.0. The average Bonchev–Trinajstić information content (AvgIpc) is 3.60. The number of halogens is 1. The van der Waals surface area contributed by atoms with Crippen molar-refractivity contribution < 1.29 is 23.2 Å². The number of carbonyl (C=O) groups excluding carboxylic acids is 3. The molecule has 9 rings (SSSR count). The predicted molar refractivity (Wildman–Crippen MR) is 227 cm³/mol. The minimum atomic E-state index is -0.755. The maximum absolute atomic E-state index is 15.1. The Morgan fingerprint density at radius 3 is 2.52 bits per heavy atom. The van der Waals surface area contributed by atoms with Crippen LogP contribution in [0, 0.1) is 17.7 Å². The maximum atomic E-state index is 15.1. The number of nitrogens with one attached hydrogen (secondary N) is 3. The van der Waals surface area contributed by atoms with Crippen LogP contribution >= 0.6 is 0 Å². The quantitative estimate of drug-likeness (QED) is 0.145. The van der Waals surface area contributed by atoms with E-state index >= 15 is 4.39 Å². The summed E-state index contributed by atoms with van der Waals surface area (Å²) in [5.41, 5.74) is 3.26. The molecule has 1 unspecified atom stereocenters. The summed E-state index contributed by atoms with van der Waals surface area (Å²) in [6.07, 6.45) is 12.6. The number of amides is 3. The van der Waals surface area contributed by atoms with Crippen LogP contribution in [0.15, 0.2) is 87.1 Å². The molecule has 3 N–H and O–H groups in total. The van der Waals surface area contributed by atoms with E-state index in [0.29, 0.717) is 46.6 Å². The summed E-state index contributed by atoms with van der Waals surface area (Å²) in [5, 5.41) is 9.08. The first-order valence-corrected chi connectivity index (χ1v) is 21.7. The topological polar surface area (TPSA) is 173 Å². The highest BCUT2D eigenvalue weighted by atomic mass is 19.1. The molecule has 318 valence electrons.